The van der Waals surface area contributed by atoms with E-state index >= 15 is 0 Å². The van der Waals surface area contributed by atoms with E-state index in [9.17, 15) is 9.59 Å². The molecular weight excluding hydrogens is 202 g/mol. The number of carboxylic acids is 1. The van der Waals surface area contributed by atoms with Gasteiger partial charge in [0, 0.05) is 19.6 Å². The molecule has 0 aliphatic carbocycles. The Morgan fingerprint density at radius 1 is 1.47 bits per heavy atom. The van der Waals surface area contributed by atoms with Gasteiger partial charge in [-0.3, -0.25) is 9.59 Å². The van der Waals surface area contributed by atoms with Gasteiger partial charge in [0.15, 0.2) is 0 Å². The Kier molecular flexibility index (Phi) is 4.05. The molecule has 0 radical (unpaired) electrons. The summed E-state index contributed by atoms with van der Waals surface area (Å²) >= 11 is 0. The van der Waals surface area contributed by atoms with Gasteiger partial charge in [-0.25, -0.2) is 0 Å². The number of carboxylic acid groups (broad SMARTS) is 1. The maximum absolute atomic E-state index is 11.3. The normalized spacial score (nSPS) is 25.1. The first kappa shape index (κ1) is 11.9. The van der Waals surface area contributed by atoms with Crippen LogP contribution >= 0.6 is 0 Å². The summed E-state index contributed by atoms with van der Waals surface area (Å²) in [5.41, 5.74) is -1.08. The van der Waals surface area contributed by atoms with Gasteiger partial charge in [-0.2, -0.15) is 0 Å². The predicted octanol–water partition coefficient (Wildman–Crippen LogP) is -1.02. The number of ether oxygens (including phenoxy) is 1. The summed E-state index contributed by atoms with van der Waals surface area (Å²) in [6.45, 7) is 0.451. The van der Waals surface area contributed by atoms with Gasteiger partial charge in [-0.05, 0) is 6.42 Å². The summed E-state index contributed by atoms with van der Waals surface area (Å²) in [6, 6.07) is 0. The highest BCUT2D eigenvalue weighted by Gasteiger charge is 2.44. The maximum Gasteiger partial charge on any atom is 0.312 e. The molecular formula is C9H15NO5. The number of aliphatic hydroxyl groups is 1. The molecule has 1 saturated heterocycles. The average molecular weight is 217 g/mol. The summed E-state index contributed by atoms with van der Waals surface area (Å²) in [6.07, 6.45) is 0.261. The van der Waals surface area contributed by atoms with Crippen molar-refractivity contribution in [1.82, 2.24) is 5.32 Å². The Morgan fingerprint density at radius 3 is 2.67 bits per heavy atom. The lowest BCUT2D eigenvalue weighted by atomic mass is 9.83. The van der Waals surface area contributed by atoms with Crippen LogP contribution in [-0.4, -0.2) is 48.5 Å². The quantitative estimate of drug-likeness (QED) is 0.547. The van der Waals surface area contributed by atoms with Gasteiger partial charge < -0.3 is 20.3 Å². The zero-order valence-corrected chi connectivity index (χ0v) is 8.36. The molecule has 0 aromatic carbocycles. The van der Waals surface area contributed by atoms with Gasteiger partial charge in [-0.15, -0.1) is 0 Å². The van der Waals surface area contributed by atoms with Gasteiger partial charge in [0.25, 0.3) is 0 Å². The van der Waals surface area contributed by atoms with Gasteiger partial charge >= 0.3 is 5.97 Å². The molecule has 0 aromatic heterocycles. The third-order valence-electron chi connectivity index (χ3n) is 2.49. The average Bonchev–Trinajstić information content (AvgIpc) is 2.64. The summed E-state index contributed by atoms with van der Waals surface area (Å²) < 4.78 is 5.02. The molecule has 1 heterocycles. The van der Waals surface area contributed by atoms with Crippen LogP contribution < -0.4 is 5.32 Å². The van der Waals surface area contributed by atoms with E-state index in [-0.39, 0.29) is 32.1 Å². The molecule has 0 spiro atoms. The van der Waals surface area contributed by atoms with Gasteiger partial charge in [0.2, 0.25) is 5.91 Å². The third kappa shape index (κ3) is 2.90. The first-order valence-electron chi connectivity index (χ1n) is 4.79. The van der Waals surface area contributed by atoms with Crippen molar-refractivity contribution in [2.75, 3.05) is 26.4 Å². The highest BCUT2D eigenvalue weighted by Crippen LogP contribution is 2.32. The molecule has 1 aliphatic rings. The SMILES string of the molecule is O=C(CC1(C(=O)O)CCOC1)NCCO. The highest BCUT2D eigenvalue weighted by molar-refractivity contribution is 5.85. The number of hydrogen-bond acceptors (Lipinski definition) is 4. The zero-order valence-electron chi connectivity index (χ0n) is 8.36. The Morgan fingerprint density at radius 2 is 2.20 bits per heavy atom. The molecule has 0 saturated carbocycles. The van der Waals surface area contributed by atoms with E-state index in [1.54, 1.807) is 0 Å². The van der Waals surface area contributed by atoms with Crippen LogP contribution in [0.15, 0.2) is 0 Å². The molecule has 15 heavy (non-hydrogen) atoms. The Bertz CT molecular complexity index is 247. The lowest BCUT2D eigenvalue weighted by Crippen LogP contribution is -2.38. The molecule has 1 unspecified atom stereocenters. The fraction of sp³-hybridized carbons (Fsp3) is 0.778. The van der Waals surface area contributed by atoms with Crippen LogP contribution in [0.5, 0.6) is 0 Å². The van der Waals surface area contributed by atoms with Crippen molar-refractivity contribution in [3.8, 4) is 0 Å². The second-order valence-corrected chi connectivity index (χ2v) is 3.64. The Balaban J connectivity index is 2.52. The minimum atomic E-state index is -1.08. The van der Waals surface area contributed by atoms with Crippen molar-refractivity contribution in [2.24, 2.45) is 5.41 Å². The first-order chi connectivity index (χ1) is 7.10. The zero-order chi connectivity index (χ0) is 11.3. The van der Waals surface area contributed by atoms with E-state index in [1.807, 2.05) is 0 Å². The second kappa shape index (κ2) is 5.09. The van der Waals surface area contributed by atoms with Crippen LogP contribution in [0, 0.1) is 5.41 Å². The van der Waals surface area contributed by atoms with Crippen molar-refractivity contribution in [3.05, 3.63) is 0 Å². The van der Waals surface area contributed by atoms with E-state index in [0.29, 0.717) is 13.0 Å². The van der Waals surface area contributed by atoms with E-state index < -0.39 is 11.4 Å². The lowest BCUT2D eigenvalue weighted by Gasteiger charge is -2.20. The molecule has 1 fully saturated rings. The van der Waals surface area contributed by atoms with Crippen molar-refractivity contribution >= 4 is 11.9 Å². The van der Waals surface area contributed by atoms with Gasteiger partial charge in [0.05, 0.1) is 13.2 Å². The lowest BCUT2D eigenvalue weighted by molar-refractivity contribution is -0.151. The van der Waals surface area contributed by atoms with Crippen LogP contribution in [0.3, 0.4) is 0 Å². The number of carbonyl (C=O) groups excluding carboxylic acids is 1. The van der Waals surface area contributed by atoms with Gasteiger partial charge in [0.1, 0.15) is 5.41 Å². The van der Waals surface area contributed by atoms with Crippen molar-refractivity contribution in [2.45, 2.75) is 12.8 Å². The minimum absolute atomic E-state index is 0.0783. The summed E-state index contributed by atoms with van der Waals surface area (Å²) in [7, 11) is 0. The number of aliphatic hydroxyl groups excluding tert-OH is 1. The number of aliphatic carboxylic acids is 1. The molecule has 3 N–H and O–H groups in total. The van der Waals surface area contributed by atoms with Gasteiger partial charge in [-0.1, -0.05) is 0 Å². The monoisotopic (exact) mass is 217 g/mol. The molecule has 0 bridgehead atoms. The molecule has 1 atom stereocenters. The molecule has 1 amide bonds. The van der Waals surface area contributed by atoms with Crippen LogP contribution in [0.4, 0.5) is 0 Å². The number of rotatable bonds is 5. The third-order valence-corrected chi connectivity index (χ3v) is 2.49. The highest BCUT2D eigenvalue weighted by atomic mass is 16.5. The van der Waals surface area contributed by atoms with E-state index in [4.69, 9.17) is 14.9 Å². The molecule has 0 aromatic rings. The molecule has 1 rings (SSSR count). The Labute approximate surface area is 87.2 Å². The summed E-state index contributed by atoms with van der Waals surface area (Å²) in [5, 5.41) is 20.0. The topological polar surface area (TPSA) is 95.9 Å². The fourth-order valence-electron chi connectivity index (χ4n) is 1.56. The van der Waals surface area contributed by atoms with Crippen LogP contribution in [-0.2, 0) is 14.3 Å². The standard InChI is InChI=1S/C9H15NO5/c11-3-2-10-7(12)5-9(8(13)14)1-4-15-6-9/h11H,1-6H2,(H,10,12)(H,13,14). The molecule has 6 nitrogen and oxygen atoms in total. The van der Waals surface area contributed by atoms with Crippen LogP contribution in [0.2, 0.25) is 0 Å². The summed E-state index contributed by atoms with van der Waals surface area (Å²) in [4.78, 5) is 22.3. The number of carbonyl (C=O) groups is 2. The van der Waals surface area contributed by atoms with E-state index in [1.165, 1.54) is 0 Å². The maximum atomic E-state index is 11.3. The molecule has 6 heteroatoms. The van der Waals surface area contributed by atoms with E-state index in [2.05, 4.69) is 5.32 Å². The minimum Gasteiger partial charge on any atom is -0.481 e. The fourth-order valence-corrected chi connectivity index (χ4v) is 1.56. The number of nitrogens with one attached hydrogen (secondary N) is 1. The number of hydrogen-bond donors (Lipinski definition) is 3. The second-order valence-electron chi connectivity index (χ2n) is 3.64. The van der Waals surface area contributed by atoms with E-state index in [0.717, 1.165) is 0 Å². The summed E-state index contributed by atoms with van der Waals surface area (Å²) in [5.74, 6) is -1.36. The smallest absolute Gasteiger partial charge is 0.312 e. The van der Waals surface area contributed by atoms with Crippen LogP contribution in [0.1, 0.15) is 12.8 Å². The van der Waals surface area contributed by atoms with Crippen LogP contribution in [0.25, 0.3) is 0 Å². The molecule has 86 valence electrons. The number of amides is 1. The first-order valence-corrected chi connectivity index (χ1v) is 4.79. The Hall–Kier alpha value is -1.14. The predicted molar refractivity (Wildman–Crippen MR) is 50.2 cm³/mol. The van der Waals surface area contributed by atoms with Crippen molar-refractivity contribution < 1.29 is 24.5 Å². The van der Waals surface area contributed by atoms with Crippen molar-refractivity contribution in [3.63, 3.8) is 0 Å². The largest absolute Gasteiger partial charge is 0.481 e. The molecule has 1 aliphatic heterocycles. The van der Waals surface area contributed by atoms with Crippen molar-refractivity contribution in [1.29, 1.82) is 0 Å².